The lowest BCUT2D eigenvalue weighted by Crippen LogP contribution is -2.46. The average molecular weight is 547 g/mol. The molecule has 1 fully saturated rings. The summed E-state index contributed by atoms with van der Waals surface area (Å²) in [5.41, 5.74) is 4.15. The van der Waals surface area contributed by atoms with E-state index in [-0.39, 0.29) is 18.4 Å². The molecule has 35 heavy (non-hydrogen) atoms. The number of hydrogen-bond donors (Lipinski definition) is 3. The number of H-pyrrole nitrogens is 1. The molecule has 3 N–H and O–H groups in total. The van der Waals surface area contributed by atoms with Crippen LogP contribution in [-0.4, -0.2) is 83.7 Å². The molecule has 4 heterocycles. The third kappa shape index (κ3) is 4.80. The largest absolute Gasteiger partial charge is 0.390 e. The van der Waals surface area contributed by atoms with E-state index in [9.17, 15) is 19.1 Å². The number of morpholine rings is 1. The van der Waals surface area contributed by atoms with Gasteiger partial charge in [0.15, 0.2) is 0 Å². The zero-order valence-corrected chi connectivity index (χ0v) is 21.1. The quantitative estimate of drug-likeness (QED) is 0.501. The summed E-state index contributed by atoms with van der Waals surface area (Å²) >= 11 is 3.30. The van der Waals surface area contributed by atoms with Crippen molar-refractivity contribution in [1.82, 2.24) is 14.8 Å². The molecule has 0 radical (unpaired) electrons. The molecule has 10 heteroatoms. The van der Waals surface area contributed by atoms with Crippen molar-refractivity contribution in [2.75, 3.05) is 51.3 Å². The van der Waals surface area contributed by atoms with Crippen molar-refractivity contribution in [3.8, 4) is 0 Å². The number of nitrogens with zero attached hydrogens (tertiary/aromatic N) is 2. The molecule has 3 aliphatic rings. The number of aromatic nitrogens is 1. The van der Waals surface area contributed by atoms with Crippen molar-refractivity contribution >= 4 is 45.1 Å². The van der Waals surface area contributed by atoms with Crippen LogP contribution in [0.2, 0.25) is 0 Å². The second-order valence-electron chi connectivity index (χ2n) is 9.26. The smallest absolute Gasteiger partial charge is 0.256 e. The van der Waals surface area contributed by atoms with Gasteiger partial charge in [0.05, 0.1) is 36.1 Å². The fraction of sp³-hybridized carbons (Fsp3) is 0.440. The van der Waals surface area contributed by atoms with Crippen molar-refractivity contribution in [1.29, 1.82) is 0 Å². The highest BCUT2D eigenvalue weighted by Gasteiger charge is 2.31. The van der Waals surface area contributed by atoms with Gasteiger partial charge in [-0.25, -0.2) is 4.39 Å². The Kier molecular flexibility index (Phi) is 6.80. The van der Waals surface area contributed by atoms with Crippen LogP contribution in [-0.2, 0) is 16.0 Å². The van der Waals surface area contributed by atoms with Crippen molar-refractivity contribution in [2.24, 2.45) is 0 Å². The highest BCUT2D eigenvalue weighted by molar-refractivity contribution is 9.10. The number of aromatic amines is 1. The number of nitrogens with one attached hydrogen (secondary N) is 2. The fourth-order valence-corrected chi connectivity index (χ4v) is 5.61. The van der Waals surface area contributed by atoms with Crippen LogP contribution in [0.5, 0.6) is 0 Å². The van der Waals surface area contributed by atoms with E-state index in [0.29, 0.717) is 65.3 Å². The number of carbonyl (C=O) groups is 2. The second kappa shape index (κ2) is 9.85. The predicted molar refractivity (Wildman–Crippen MR) is 134 cm³/mol. The number of aliphatic hydroxyl groups is 1. The van der Waals surface area contributed by atoms with Crippen LogP contribution >= 0.6 is 15.9 Å². The summed E-state index contributed by atoms with van der Waals surface area (Å²) < 4.78 is 19.9. The number of β-amino-alcohol motifs (C(OH)–C–C–N with tert-alkyl or cyclic N) is 1. The van der Waals surface area contributed by atoms with Gasteiger partial charge in [0, 0.05) is 54.1 Å². The van der Waals surface area contributed by atoms with E-state index in [2.05, 4.69) is 31.1 Å². The number of halogens is 2. The number of aryl methyl sites for hydroxylation is 1. The minimum absolute atomic E-state index is 0.123. The highest BCUT2D eigenvalue weighted by Crippen LogP contribution is 2.39. The maximum absolute atomic E-state index is 14.0. The van der Waals surface area contributed by atoms with Gasteiger partial charge in [0.2, 0.25) is 0 Å². The molecule has 0 aliphatic carbocycles. The number of hydrogen-bond acceptors (Lipinski definition) is 5. The first kappa shape index (κ1) is 24.2. The standard InChI is InChI=1S/C25H28BrFN4O4/c1-14-21(11-18-17-9-15(27)10-19(26)23(17)29-24(18)33)28-20-3-2-4-31(25(34)22(14)20)13-16(32)12-30-5-7-35-8-6-30/h9-11,16,28,32H,2-8,12-13H2,1H3,(H,29,33). The number of ether oxygens (including phenoxy) is 1. The highest BCUT2D eigenvalue weighted by atomic mass is 79.9. The molecule has 1 aromatic carbocycles. The summed E-state index contributed by atoms with van der Waals surface area (Å²) in [6.07, 6.45) is 2.48. The molecule has 1 aromatic heterocycles. The van der Waals surface area contributed by atoms with E-state index in [4.69, 9.17) is 4.74 Å². The van der Waals surface area contributed by atoms with Crippen molar-refractivity contribution < 1.29 is 23.8 Å². The summed E-state index contributed by atoms with van der Waals surface area (Å²) in [6, 6.07) is 2.64. The molecule has 2 amide bonds. The molecule has 5 rings (SSSR count). The molecule has 0 bridgehead atoms. The Bertz CT molecular complexity index is 1200. The molecule has 2 aromatic rings. The first-order valence-corrected chi connectivity index (χ1v) is 12.6. The van der Waals surface area contributed by atoms with Gasteiger partial charge in [-0.05, 0) is 59.5 Å². The lowest BCUT2D eigenvalue weighted by atomic mass is 10.0. The molecule has 8 nitrogen and oxygen atoms in total. The van der Waals surface area contributed by atoms with Crippen LogP contribution in [0, 0.1) is 12.7 Å². The summed E-state index contributed by atoms with van der Waals surface area (Å²) in [4.78, 5) is 33.4. The Balaban J connectivity index is 1.39. The molecular formula is C25H28BrFN4O4. The maximum Gasteiger partial charge on any atom is 0.256 e. The average Bonchev–Trinajstić information content (AvgIpc) is 3.24. The normalized spacial score (nSPS) is 20.6. The van der Waals surface area contributed by atoms with Crippen LogP contribution in [0.4, 0.5) is 10.1 Å². The van der Waals surface area contributed by atoms with Gasteiger partial charge in [-0.3, -0.25) is 14.5 Å². The van der Waals surface area contributed by atoms with Crippen LogP contribution in [0.3, 0.4) is 0 Å². The molecule has 1 atom stereocenters. The molecular weight excluding hydrogens is 519 g/mol. The Morgan fingerprint density at radius 1 is 1.23 bits per heavy atom. The molecule has 186 valence electrons. The number of amides is 2. The Morgan fingerprint density at radius 2 is 2.00 bits per heavy atom. The molecule has 1 saturated heterocycles. The predicted octanol–water partition coefficient (Wildman–Crippen LogP) is 2.80. The monoisotopic (exact) mass is 546 g/mol. The zero-order valence-electron chi connectivity index (χ0n) is 19.5. The van der Waals surface area contributed by atoms with E-state index in [1.54, 1.807) is 11.0 Å². The minimum atomic E-state index is -0.647. The second-order valence-corrected chi connectivity index (χ2v) is 10.1. The number of benzene rings is 1. The number of anilines is 1. The number of carbonyl (C=O) groups excluding carboxylic acids is 2. The molecule has 1 unspecified atom stereocenters. The summed E-state index contributed by atoms with van der Waals surface area (Å²) in [6.45, 7) is 6.06. The number of fused-ring (bicyclic) bond motifs is 2. The minimum Gasteiger partial charge on any atom is -0.390 e. The van der Waals surface area contributed by atoms with Gasteiger partial charge >= 0.3 is 0 Å². The lowest BCUT2D eigenvalue weighted by molar-refractivity contribution is -0.110. The maximum atomic E-state index is 14.0. The lowest BCUT2D eigenvalue weighted by Gasteiger charge is -2.31. The van der Waals surface area contributed by atoms with Gasteiger partial charge in [-0.15, -0.1) is 0 Å². The number of rotatable bonds is 5. The van der Waals surface area contributed by atoms with Gasteiger partial charge in [0.1, 0.15) is 5.82 Å². The van der Waals surface area contributed by atoms with Gasteiger partial charge in [0.25, 0.3) is 11.8 Å². The van der Waals surface area contributed by atoms with Gasteiger partial charge < -0.3 is 25.0 Å². The summed E-state index contributed by atoms with van der Waals surface area (Å²) in [5.74, 6) is -0.893. The molecule has 0 saturated carbocycles. The van der Waals surface area contributed by atoms with Crippen LogP contribution < -0.4 is 5.32 Å². The Labute approximate surface area is 211 Å². The third-order valence-electron chi connectivity index (χ3n) is 6.84. The SMILES string of the molecule is Cc1c(C=C2C(=O)Nc3c(Br)cc(F)cc32)[nH]c2c1C(=O)N(CC(O)CN1CCOCC1)CCC2. The summed E-state index contributed by atoms with van der Waals surface area (Å²) in [7, 11) is 0. The van der Waals surface area contributed by atoms with Crippen molar-refractivity contribution in [2.45, 2.75) is 25.9 Å². The number of aliphatic hydroxyl groups excluding tert-OH is 1. The van der Waals surface area contributed by atoms with E-state index >= 15 is 0 Å². The first-order chi connectivity index (χ1) is 16.8. The van der Waals surface area contributed by atoms with E-state index in [0.717, 1.165) is 30.8 Å². The zero-order chi connectivity index (χ0) is 24.7. The molecule has 3 aliphatic heterocycles. The van der Waals surface area contributed by atoms with E-state index in [1.165, 1.54) is 12.1 Å². The Morgan fingerprint density at radius 3 is 2.77 bits per heavy atom. The molecule has 0 spiro atoms. The van der Waals surface area contributed by atoms with Gasteiger partial charge in [-0.1, -0.05) is 0 Å². The van der Waals surface area contributed by atoms with E-state index < -0.39 is 11.9 Å². The van der Waals surface area contributed by atoms with Crippen molar-refractivity contribution in [3.63, 3.8) is 0 Å². The van der Waals surface area contributed by atoms with Gasteiger partial charge in [-0.2, -0.15) is 0 Å². The first-order valence-electron chi connectivity index (χ1n) is 11.8. The van der Waals surface area contributed by atoms with E-state index in [1.807, 2.05) is 6.92 Å². The topological polar surface area (TPSA) is 97.9 Å². The third-order valence-corrected chi connectivity index (χ3v) is 7.47. The van der Waals surface area contributed by atoms with Crippen LogP contribution in [0.1, 0.15) is 39.3 Å². The summed E-state index contributed by atoms with van der Waals surface area (Å²) in [5, 5.41) is 13.4. The Hall–Kier alpha value is -2.53. The van der Waals surface area contributed by atoms with Crippen LogP contribution in [0.25, 0.3) is 11.6 Å². The van der Waals surface area contributed by atoms with Crippen LogP contribution in [0.15, 0.2) is 16.6 Å². The fourth-order valence-electron chi connectivity index (χ4n) is 5.08. The van der Waals surface area contributed by atoms with Crippen molar-refractivity contribution in [3.05, 3.63) is 50.5 Å².